The van der Waals surface area contributed by atoms with Crippen molar-refractivity contribution in [3.8, 4) is 5.75 Å². The minimum absolute atomic E-state index is 0. The fourth-order valence-electron chi connectivity index (χ4n) is 3.06. The number of benzene rings is 1. The normalized spacial score (nSPS) is 14.8. The summed E-state index contributed by atoms with van der Waals surface area (Å²) in [4.78, 5) is 4.27. The molecule has 2 aromatic rings. The molecule has 1 saturated carbocycles. The van der Waals surface area contributed by atoms with E-state index in [-0.39, 0.29) is 24.0 Å². The molecule has 1 aliphatic rings. The zero-order valence-electron chi connectivity index (χ0n) is 15.4. The van der Waals surface area contributed by atoms with Gasteiger partial charge in [0.05, 0.1) is 18.3 Å². The van der Waals surface area contributed by atoms with Crippen molar-refractivity contribution in [1.29, 1.82) is 0 Å². The number of aromatic nitrogens is 2. The van der Waals surface area contributed by atoms with Gasteiger partial charge in [0.2, 0.25) is 0 Å². The topological polar surface area (TPSA) is 74.3 Å². The third-order valence-corrected chi connectivity index (χ3v) is 4.49. The molecule has 0 saturated heterocycles. The van der Waals surface area contributed by atoms with Crippen LogP contribution in [0.2, 0.25) is 0 Å². The van der Waals surface area contributed by atoms with Gasteiger partial charge in [-0.25, -0.2) is 0 Å². The van der Waals surface area contributed by atoms with Crippen LogP contribution in [0, 0.1) is 6.92 Å². The van der Waals surface area contributed by atoms with Crippen LogP contribution in [0.25, 0.3) is 0 Å². The number of rotatable bonds is 6. The Labute approximate surface area is 172 Å². The van der Waals surface area contributed by atoms with Crippen molar-refractivity contribution in [3.63, 3.8) is 0 Å². The van der Waals surface area contributed by atoms with Crippen molar-refractivity contribution in [3.05, 3.63) is 47.3 Å². The number of guanidine groups is 1. The molecule has 1 aromatic carbocycles. The summed E-state index contributed by atoms with van der Waals surface area (Å²) in [5.74, 6) is 1.74. The van der Waals surface area contributed by atoms with E-state index in [4.69, 9.17) is 4.74 Å². The molecule has 6 nitrogen and oxygen atoms in total. The van der Waals surface area contributed by atoms with E-state index in [1.165, 1.54) is 18.4 Å². The monoisotopic (exact) mass is 469 g/mol. The number of hydrogen-bond acceptors (Lipinski definition) is 3. The van der Waals surface area contributed by atoms with Crippen LogP contribution < -0.4 is 15.4 Å². The Hall–Kier alpha value is -1.77. The number of nitrogens with zero attached hydrogens (tertiary/aromatic N) is 2. The Morgan fingerprint density at radius 3 is 2.69 bits per heavy atom. The summed E-state index contributed by atoms with van der Waals surface area (Å²) in [5.41, 5.74) is 3.39. The molecule has 0 amide bonds. The highest BCUT2D eigenvalue weighted by atomic mass is 127. The number of nitrogens with one attached hydrogen (secondary N) is 3. The van der Waals surface area contributed by atoms with E-state index in [1.807, 2.05) is 6.07 Å². The third kappa shape index (κ3) is 5.89. The molecule has 0 bridgehead atoms. The second kappa shape index (κ2) is 10.4. The summed E-state index contributed by atoms with van der Waals surface area (Å²) >= 11 is 0. The minimum atomic E-state index is 0. The second-order valence-electron chi connectivity index (χ2n) is 6.50. The van der Waals surface area contributed by atoms with Crippen LogP contribution in [0.4, 0.5) is 0 Å². The zero-order chi connectivity index (χ0) is 17.5. The Kier molecular flexibility index (Phi) is 8.21. The largest absolute Gasteiger partial charge is 0.490 e. The minimum Gasteiger partial charge on any atom is -0.490 e. The number of H-pyrrole nitrogens is 1. The summed E-state index contributed by atoms with van der Waals surface area (Å²) in [5, 5.41) is 13.5. The van der Waals surface area contributed by atoms with Gasteiger partial charge >= 0.3 is 0 Å². The predicted molar refractivity (Wildman–Crippen MR) is 115 cm³/mol. The van der Waals surface area contributed by atoms with Gasteiger partial charge < -0.3 is 15.4 Å². The first kappa shape index (κ1) is 20.5. The Balaban J connectivity index is 0.00000243. The third-order valence-electron chi connectivity index (χ3n) is 4.49. The number of aryl methyl sites for hydroxylation is 1. The summed E-state index contributed by atoms with van der Waals surface area (Å²) < 4.78 is 6.26. The number of aliphatic imine (C=N–C) groups is 1. The summed E-state index contributed by atoms with van der Waals surface area (Å²) in [7, 11) is 1.77. The first-order chi connectivity index (χ1) is 12.2. The van der Waals surface area contributed by atoms with Crippen LogP contribution in [-0.2, 0) is 13.1 Å². The summed E-state index contributed by atoms with van der Waals surface area (Å²) in [6.45, 7) is 3.42. The van der Waals surface area contributed by atoms with Crippen molar-refractivity contribution in [2.75, 3.05) is 7.05 Å². The van der Waals surface area contributed by atoms with Crippen LogP contribution in [0.15, 0.2) is 35.5 Å². The molecule has 142 valence electrons. The number of aromatic amines is 1. The first-order valence-corrected chi connectivity index (χ1v) is 8.93. The fraction of sp³-hybridized carbons (Fsp3) is 0.474. The molecule has 1 heterocycles. The molecule has 0 atom stereocenters. The van der Waals surface area contributed by atoms with Crippen molar-refractivity contribution in [1.82, 2.24) is 20.8 Å². The van der Waals surface area contributed by atoms with E-state index < -0.39 is 0 Å². The molecule has 1 fully saturated rings. The summed E-state index contributed by atoms with van der Waals surface area (Å²) in [6, 6.07) is 8.33. The molecular formula is C19H28IN5O. The smallest absolute Gasteiger partial charge is 0.191 e. The highest BCUT2D eigenvalue weighted by Gasteiger charge is 2.18. The van der Waals surface area contributed by atoms with Crippen molar-refractivity contribution < 1.29 is 4.74 Å². The quantitative estimate of drug-likeness (QED) is 0.344. The molecule has 3 N–H and O–H groups in total. The maximum atomic E-state index is 6.26. The lowest BCUT2D eigenvalue weighted by Crippen LogP contribution is -2.36. The van der Waals surface area contributed by atoms with E-state index in [0.717, 1.165) is 35.8 Å². The van der Waals surface area contributed by atoms with Crippen molar-refractivity contribution in [2.45, 2.75) is 51.8 Å². The number of hydrogen-bond donors (Lipinski definition) is 3. The van der Waals surface area contributed by atoms with Crippen molar-refractivity contribution in [2.24, 2.45) is 4.99 Å². The van der Waals surface area contributed by atoms with Crippen LogP contribution in [0.5, 0.6) is 5.75 Å². The van der Waals surface area contributed by atoms with E-state index in [0.29, 0.717) is 19.2 Å². The van der Waals surface area contributed by atoms with Gasteiger partial charge in [-0.2, -0.15) is 5.10 Å². The van der Waals surface area contributed by atoms with E-state index in [2.05, 4.69) is 50.9 Å². The Morgan fingerprint density at radius 1 is 1.23 bits per heavy atom. The lowest BCUT2D eigenvalue weighted by molar-refractivity contribution is 0.207. The zero-order valence-corrected chi connectivity index (χ0v) is 17.7. The van der Waals surface area contributed by atoms with Crippen LogP contribution in [0.1, 0.15) is 42.5 Å². The molecule has 1 aromatic heterocycles. The lowest BCUT2D eigenvalue weighted by Gasteiger charge is -2.18. The maximum absolute atomic E-state index is 6.26. The Morgan fingerprint density at radius 2 is 2.00 bits per heavy atom. The lowest BCUT2D eigenvalue weighted by atomic mass is 10.1. The van der Waals surface area contributed by atoms with Gasteiger partial charge in [-0.1, -0.05) is 12.1 Å². The molecule has 7 heteroatoms. The van der Waals surface area contributed by atoms with Gasteiger partial charge in [-0.15, -0.1) is 24.0 Å². The number of halogens is 1. The highest BCUT2D eigenvalue weighted by molar-refractivity contribution is 14.0. The summed E-state index contributed by atoms with van der Waals surface area (Å²) in [6.07, 6.45) is 6.97. The van der Waals surface area contributed by atoms with Gasteiger partial charge in [0.1, 0.15) is 5.75 Å². The van der Waals surface area contributed by atoms with E-state index >= 15 is 0 Å². The van der Waals surface area contributed by atoms with Gasteiger partial charge in [0.15, 0.2) is 5.96 Å². The molecule has 26 heavy (non-hydrogen) atoms. The van der Waals surface area contributed by atoms with Gasteiger partial charge in [0.25, 0.3) is 0 Å². The fourth-order valence-corrected chi connectivity index (χ4v) is 3.06. The molecule has 0 unspecified atom stereocenters. The van der Waals surface area contributed by atoms with Crippen LogP contribution in [-0.4, -0.2) is 29.3 Å². The van der Waals surface area contributed by atoms with E-state index in [9.17, 15) is 0 Å². The van der Waals surface area contributed by atoms with Gasteiger partial charge in [0, 0.05) is 25.4 Å². The van der Waals surface area contributed by atoms with Gasteiger partial charge in [-0.3, -0.25) is 10.1 Å². The molecule has 0 aliphatic heterocycles. The van der Waals surface area contributed by atoms with Gasteiger partial charge in [-0.05, 0) is 50.3 Å². The number of ether oxygens (including phenoxy) is 1. The molecule has 0 radical (unpaired) electrons. The second-order valence-corrected chi connectivity index (χ2v) is 6.50. The predicted octanol–water partition coefficient (Wildman–Crippen LogP) is 3.52. The molecule has 1 aliphatic carbocycles. The SMILES string of the molecule is CN=C(NCc1ccn[nH]1)NCc1ccc(C)cc1OC1CCCC1.I. The van der Waals surface area contributed by atoms with E-state index in [1.54, 1.807) is 13.2 Å². The van der Waals surface area contributed by atoms with Crippen LogP contribution in [0.3, 0.4) is 0 Å². The average molecular weight is 469 g/mol. The maximum Gasteiger partial charge on any atom is 0.191 e. The van der Waals surface area contributed by atoms with Crippen LogP contribution >= 0.6 is 24.0 Å². The Bertz CT molecular complexity index is 696. The molecule has 3 rings (SSSR count). The highest BCUT2D eigenvalue weighted by Crippen LogP contribution is 2.27. The first-order valence-electron chi connectivity index (χ1n) is 8.93. The standard InChI is InChI=1S/C19H27N5O.HI/c1-14-7-8-15(18(11-14)25-17-5-3-4-6-17)12-21-19(20-2)22-13-16-9-10-23-24-16;/h7-11,17H,3-6,12-13H2,1-2H3,(H,23,24)(H2,20,21,22);1H. The molecule has 0 spiro atoms. The molecular weight excluding hydrogens is 441 g/mol. The van der Waals surface area contributed by atoms with Crippen molar-refractivity contribution >= 4 is 29.9 Å². The average Bonchev–Trinajstić information content (AvgIpc) is 3.30.